The van der Waals surface area contributed by atoms with Gasteiger partial charge < -0.3 is 5.73 Å². The van der Waals surface area contributed by atoms with Crippen LogP contribution in [0, 0.1) is 5.92 Å². The number of hydrogen-bond donors (Lipinski definition) is 1. The van der Waals surface area contributed by atoms with Crippen molar-refractivity contribution >= 4 is 11.3 Å². The molecule has 4 heteroatoms. The lowest BCUT2D eigenvalue weighted by Gasteiger charge is -2.31. The fraction of sp³-hybridized carbons (Fsp3) is 0.667. The molecular formula is C12H17F2NS. The number of thiophene rings is 1. The van der Waals surface area contributed by atoms with E-state index in [-0.39, 0.29) is 24.8 Å². The van der Waals surface area contributed by atoms with Crippen molar-refractivity contribution in [2.45, 2.75) is 44.1 Å². The molecule has 1 aliphatic carbocycles. The van der Waals surface area contributed by atoms with Gasteiger partial charge in [-0.3, -0.25) is 0 Å². The van der Waals surface area contributed by atoms with Gasteiger partial charge in [0.05, 0.1) is 0 Å². The smallest absolute Gasteiger partial charge is 0.248 e. The lowest BCUT2D eigenvalue weighted by Crippen LogP contribution is -2.37. The predicted molar refractivity (Wildman–Crippen MR) is 62.9 cm³/mol. The zero-order valence-electron chi connectivity index (χ0n) is 9.16. The lowest BCUT2D eigenvalue weighted by atomic mass is 9.81. The molecule has 0 radical (unpaired) electrons. The molecule has 1 aromatic heterocycles. The van der Waals surface area contributed by atoms with Crippen LogP contribution in [0.2, 0.25) is 0 Å². The fourth-order valence-electron chi connectivity index (χ4n) is 2.34. The number of alkyl halides is 2. The van der Waals surface area contributed by atoms with Gasteiger partial charge in [-0.2, -0.15) is 11.3 Å². The Morgan fingerprint density at radius 3 is 2.69 bits per heavy atom. The Bertz CT molecular complexity index is 314. The summed E-state index contributed by atoms with van der Waals surface area (Å²) in [7, 11) is 0. The van der Waals surface area contributed by atoms with Crippen molar-refractivity contribution in [3.63, 3.8) is 0 Å². The van der Waals surface area contributed by atoms with E-state index in [0.29, 0.717) is 12.8 Å². The van der Waals surface area contributed by atoms with Gasteiger partial charge in [-0.05, 0) is 47.6 Å². The highest BCUT2D eigenvalue weighted by atomic mass is 32.1. The first-order valence-corrected chi connectivity index (χ1v) is 6.65. The van der Waals surface area contributed by atoms with Crippen molar-refractivity contribution < 1.29 is 8.78 Å². The monoisotopic (exact) mass is 245 g/mol. The highest BCUT2D eigenvalue weighted by Crippen LogP contribution is 2.37. The molecule has 0 saturated heterocycles. The molecule has 2 rings (SSSR count). The van der Waals surface area contributed by atoms with E-state index in [1.807, 2.05) is 5.38 Å². The standard InChI is InChI=1S/C12H17F2NS/c13-12(14)4-1-10(2-5-12)11(15)7-9-3-6-16-8-9/h3,6,8,10-11H,1-2,4-5,7,15H2. The minimum atomic E-state index is -2.45. The number of halogens is 2. The average molecular weight is 245 g/mol. The second kappa shape index (κ2) is 4.80. The molecule has 1 unspecified atom stereocenters. The largest absolute Gasteiger partial charge is 0.327 e. The van der Waals surface area contributed by atoms with Gasteiger partial charge >= 0.3 is 0 Å². The van der Waals surface area contributed by atoms with Gasteiger partial charge in [0.15, 0.2) is 0 Å². The lowest BCUT2D eigenvalue weighted by molar-refractivity contribution is -0.0481. The van der Waals surface area contributed by atoms with Crippen molar-refractivity contribution in [2.75, 3.05) is 0 Å². The van der Waals surface area contributed by atoms with E-state index >= 15 is 0 Å². The molecule has 2 N–H and O–H groups in total. The quantitative estimate of drug-likeness (QED) is 0.867. The molecule has 0 amide bonds. The van der Waals surface area contributed by atoms with Crippen LogP contribution < -0.4 is 5.73 Å². The Labute approximate surface area is 98.7 Å². The molecule has 1 aliphatic rings. The zero-order valence-corrected chi connectivity index (χ0v) is 9.98. The molecule has 1 fully saturated rings. The van der Waals surface area contributed by atoms with Crippen molar-refractivity contribution in [3.05, 3.63) is 22.4 Å². The van der Waals surface area contributed by atoms with Gasteiger partial charge in [-0.15, -0.1) is 0 Å². The first-order chi connectivity index (χ1) is 7.57. The van der Waals surface area contributed by atoms with Crippen LogP contribution in [0.3, 0.4) is 0 Å². The molecule has 1 aromatic rings. The maximum absolute atomic E-state index is 13.0. The number of nitrogens with two attached hydrogens (primary N) is 1. The Balaban J connectivity index is 1.85. The van der Waals surface area contributed by atoms with E-state index < -0.39 is 5.92 Å². The van der Waals surface area contributed by atoms with Crippen molar-refractivity contribution in [1.29, 1.82) is 0 Å². The third-order valence-electron chi connectivity index (χ3n) is 3.42. The highest BCUT2D eigenvalue weighted by Gasteiger charge is 2.36. The maximum atomic E-state index is 13.0. The molecule has 0 aromatic carbocycles. The molecule has 90 valence electrons. The summed E-state index contributed by atoms with van der Waals surface area (Å²) in [6.45, 7) is 0. The maximum Gasteiger partial charge on any atom is 0.248 e. The summed E-state index contributed by atoms with van der Waals surface area (Å²) in [4.78, 5) is 0. The second-order valence-corrected chi connectivity index (χ2v) is 5.47. The Hall–Kier alpha value is -0.480. The summed E-state index contributed by atoms with van der Waals surface area (Å²) in [6, 6.07) is 2.09. The van der Waals surface area contributed by atoms with Crippen LogP contribution in [0.5, 0.6) is 0 Å². The van der Waals surface area contributed by atoms with Crippen molar-refractivity contribution in [3.8, 4) is 0 Å². The average Bonchev–Trinajstić information content (AvgIpc) is 2.70. The summed E-state index contributed by atoms with van der Waals surface area (Å²) in [6.07, 6.45) is 1.97. The Kier molecular flexibility index (Phi) is 3.60. The molecule has 1 atom stereocenters. The summed E-state index contributed by atoms with van der Waals surface area (Å²) in [5.74, 6) is -2.18. The van der Waals surface area contributed by atoms with Gasteiger partial charge in [0, 0.05) is 18.9 Å². The molecule has 16 heavy (non-hydrogen) atoms. The van der Waals surface area contributed by atoms with E-state index in [4.69, 9.17) is 5.73 Å². The predicted octanol–water partition coefficient (Wildman–Crippen LogP) is 3.44. The normalized spacial score (nSPS) is 23.2. The molecule has 1 nitrogen and oxygen atoms in total. The topological polar surface area (TPSA) is 26.0 Å². The molecular weight excluding hydrogens is 228 g/mol. The first-order valence-electron chi connectivity index (χ1n) is 5.71. The van der Waals surface area contributed by atoms with Crippen LogP contribution >= 0.6 is 11.3 Å². The summed E-state index contributed by atoms with van der Waals surface area (Å²) in [5.41, 5.74) is 7.32. The van der Waals surface area contributed by atoms with Gasteiger partial charge in [0.1, 0.15) is 0 Å². The third-order valence-corrected chi connectivity index (χ3v) is 4.15. The summed E-state index contributed by atoms with van der Waals surface area (Å²) in [5, 5.41) is 4.11. The Morgan fingerprint density at radius 2 is 2.12 bits per heavy atom. The van der Waals surface area contributed by atoms with Gasteiger partial charge in [-0.1, -0.05) is 0 Å². The van der Waals surface area contributed by atoms with Crippen LogP contribution in [0.1, 0.15) is 31.2 Å². The first kappa shape index (κ1) is 12.0. The van der Waals surface area contributed by atoms with Crippen LogP contribution in [0.15, 0.2) is 16.8 Å². The zero-order chi connectivity index (χ0) is 11.6. The molecule has 0 spiro atoms. The molecule has 1 heterocycles. The van der Waals surface area contributed by atoms with Crippen LogP contribution in [-0.2, 0) is 6.42 Å². The van der Waals surface area contributed by atoms with Gasteiger partial charge in [-0.25, -0.2) is 8.78 Å². The minimum absolute atomic E-state index is 0.00893. The Morgan fingerprint density at radius 1 is 1.44 bits per heavy atom. The highest BCUT2D eigenvalue weighted by molar-refractivity contribution is 7.07. The van der Waals surface area contributed by atoms with Crippen molar-refractivity contribution in [1.82, 2.24) is 0 Å². The molecule has 1 saturated carbocycles. The van der Waals surface area contributed by atoms with Gasteiger partial charge in [0.2, 0.25) is 5.92 Å². The minimum Gasteiger partial charge on any atom is -0.327 e. The second-order valence-electron chi connectivity index (χ2n) is 4.69. The van der Waals surface area contributed by atoms with E-state index in [1.54, 1.807) is 11.3 Å². The van der Waals surface area contributed by atoms with Crippen molar-refractivity contribution in [2.24, 2.45) is 11.7 Å². The van der Waals surface area contributed by atoms with E-state index in [1.165, 1.54) is 5.56 Å². The SMILES string of the molecule is NC(Cc1ccsc1)C1CCC(F)(F)CC1. The van der Waals surface area contributed by atoms with Gasteiger partial charge in [0.25, 0.3) is 0 Å². The summed E-state index contributed by atoms with van der Waals surface area (Å²) >= 11 is 1.65. The number of rotatable bonds is 3. The molecule has 0 aliphatic heterocycles. The third kappa shape index (κ3) is 3.01. The van der Waals surface area contributed by atoms with Crippen LogP contribution in [0.4, 0.5) is 8.78 Å². The summed E-state index contributed by atoms with van der Waals surface area (Å²) < 4.78 is 26.0. The van der Waals surface area contributed by atoms with Crippen LogP contribution in [0.25, 0.3) is 0 Å². The fourth-order valence-corrected chi connectivity index (χ4v) is 3.02. The van der Waals surface area contributed by atoms with E-state index in [9.17, 15) is 8.78 Å². The molecule has 0 bridgehead atoms. The van der Waals surface area contributed by atoms with E-state index in [2.05, 4.69) is 11.4 Å². The van der Waals surface area contributed by atoms with Crippen LogP contribution in [-0.4, -0.2) is 12.0 Å². The number of hydrogen-bond acceptors (Lipinski definition) is 2. The van der Waals surface area contributed by atoms with E-state index in [0.717, 1.165) is 6.42 Å².